The number of aromatic amines is 1. The standard InChI is InChI=1S/C31H46N6O4/c1-20(2)27(28(38)29-33-24-12-8-9-13-26(24)37(29)14-10-11-15-40-7)32-23-17-22(25-16-21(3)34-35-25)18-36(19-23)30(39)41-31(4,5)6/h8-9,12-13,16,20,22-23,27,32H,10-11,14-15,17-19H2,1-7H3,(H,34,35)/t22-,23+,27?/m1/s1. The number of benzene rings is 1. The van der Waals surface area contributed by atoms with Gasteiger partial charge < -0.3 is 24.3 Å². The van der Waals surface area contributed by atoms with Crippen molar-refractivity contribution < 1.29 is 19.1 Å². The van der Waals surface area contributed by atoms with Crippen molar-refractivity contribution in [3.8, 4) is 0 Å². The van der Waals surface area contributed by atoms with E-state index < -0.39 is 11.6 Å². The molecule has 2 aromatic heterocycles. The summed E-state index contributed by atoms with van der Waals surface area (Å²) in [6.45, 7) is 14.0. The molecule has 0 spiro atoms. The number of imidazole rings is 1. The van der Waals surface area contributed by atoms with Crippen molar-refractivity contribution >= 4 is 22.9 Å². The number of nitrogens with one attached hydrogen (secondary N) is 2. The molecule has 1 fully saturated rings. The molecule has 3 aromatic rings. The number of hydrogen-bond donors (Lipinski definition) is 2. The molecular formula is C31H46N6O4. The number of fused-ring (bicyclic) bond motifs is 1. The third kappa shape index (κ3) is 7.74. The number of carbonyl (C=O) groups excluding carboxylic acids is 2. The summed E-state index contributed by atoms with van der Waals surface area (Å²) in [5, 5.41) is 11.1. The van der Waals surface area contributed by atoms with Crippen molar-refractivity contribution in [2.75, 3.05) is 26.8 Å². The molecule has 1 amide bonds. The topological polar surface area (TPSA) is 114 Å². The van der Waals surface area contributed by atoms with Crippen LogP contribution >= 0.6 is 0 Å². The largest absolute Gasteiger partial charge is 0.444 e. The average Bonchev–Trinajstić information content (AvgIpc) is 3.52. The van der Waals surface area contributed by atoms with Crippen LogP contribution in [0.5, 0.6) is 0 Å². The summed E-state index contributed by atoms with van der Waals surface area (Å²) in [4.78, 5) is 33.9. The van der Waals surface area contributed by atoms with Crippen molar-refractivity contribution in [3.63, 3.8) is 0 Å². The van der Waals surface area contributed by atoms with E-state index in [1.165, 1.54) is 0 Å². The van der Waals surface area contributed by atoms with Crippen molar-refractivity contribution in [3.05, 3.63) is 47.5 Å². The van der Waals surface area contributed by atoms with Crippen LogP contribution in [-0.2, 0) is 16.0 Å². The number of likely N-dealkylation sites (tertiary alicyclic amines) is 1. The molecule has 3 heterocycles. The number of ether oxygens (including phenoxy) is 2. The molecule has 10 heteroatoms. The van der Waals surface area contributed by atoms with E-state index in [4.69, 9.17) is 14.5 Å². The van der Waals surface area contributed by atoms with E-state index in [-0.39, 0.29) is 29.8 Å². The molecule has 1 unspecified atom stereocenters. The van der Waals surface area contributed by atoms with E-state index in [9.17, 15) is 9.59 Å². The second-order valence-electron chi connectivity index (χ2n) is 12.5. The van der Waals surface area contributed by atoms with Gasteiger partial charge in [0.2, 0.25) is 5.78 Å². The quantitative estimate of drug-likeness (QED) is 0.246. The lowest BCUT2D eigenvalue weighted by Crippen LogP contribution is -2.56. The number of H-pyrrole nitrogens is 1. The Morgan fingerprint density at radius 2 is 1.93 bits per heavy atom. The van der Waals surface area contributed by atoms with Crippen LogP contribution in [0, 0.1) is 12.8 Å². The van der Waals surface area contributed by atoms with E-state index in [0.29, 0.717) is 32.1 Å². The number of unbranched alkanes of at least 4 members (excludes halogenated alkanes) is 1. The zero-order chi connectivity index (χ0) is 29.7. The van der Waals surface area contributed by atoms with Gasteiger partial charge in [0.15, 0.2) is 5.82 Å². The summed E-state index contributed by atoms with van der Waals surface area (Å²) in [6.07, 6.45) is 2.19. The first-order valence-corrected chi connectivity index (χ1v) is 14.7. The van der Waals surface area contributed by atoms with Gasteiger partial charge in [-0.2, -0.15) is 5.10 Å². The summed E-state index contributed by atoms with van der Waals surface area (Å²) in [5.41, 5.74) is 3.05. The normalized spacial score (nSPS) is 18.7. The molecule has 1 aliphatic heterocycles. The molecule has 10 nitrogen and oxygen atoms in total. The first-order valence-electron chi connectivity index (χ1n) is 14.7. The van der Waals surface area contributed by atoms with Gasteiger partial charge in [0.05, 0.1) is 22.8 Å². The minimum absolute atomic E-state index is 0.00834. The van der Waals surface area contributed by atoms with E-state index >= 15 is 0 Å². The second-order valence-corrected chi connectivity index (χ2v) is 12.5. The number of Topliss-reactive ketones (excluding diaryl/α,β-unsaturated/α-hetero) is 1. The van der Waals surface area contributed by atoms with Crippen LogP contribution in [0.15, 0.2) is 30.3 Å². The lowest BCUT2D eigenvalue weighted by Gasteiger charge is -2.40. The predicted octanol–water partition coefficient (Wildman–Crippen LogP) is 5.08. The molecule has 224 valence electrons. The maximum absolute atomic E-state index is 14.2. The fraction of sp³-hybridized carbons (Fsp3) is 0.613. The number of nitrogens with zero attached hydrogens (tertiary/aromatic N) is 4. The molecule has 1 aliphatic rings. The summed E-state index contributed by atoms with van der Waals surface area (Å²) >= 11 is 0. The lowest BCUT2D eigenvalue weighted by molar-refractivity contribution is 0.0158. The summed E-state index contributed by atoms with van der Waals surface area (Å²) in [6, 6.07) is 9.32. The Bertz CT molecular complexity index is 1320. The number of rotatable bonds is 11. The van der Waals surface area contributed by atoms with Crippen LogP contribution in [0.2, 0.25) is 0 Å². The number of piperidine rings is 1. The monoisotopic (exact) mass is 566 g/mol. The number of hydrogen-bond acceptors (Lipinski definition) is 7. The zero-order valence-electron chi connectivity index (χ0n) is 25.6. The van der Waals surface area contributed by atoms with Crippen LogP contribution < -0.4 is 5.32 Å². The Balaban J connectivity index is 1.60. The van der Waals surface area contributed by atoms with Gasteiger partial charge in [0.25, 0.3) is 0 Å². The highest BCUT2D eigenvalue weighted by molar-refractivity contribution is 6.00. The first-order chi connectivity index (χ1) is 19.5. The molecule has 2 N–H and O–H groups in total. The molecule has 3 atom stereocenters. The van der Waals surface area contributed by atoms with E-state index in [1.54, 1.807) is 12.0 Å². The summed E-state index contributed by atoms with van der Waals surface area (Å²) < 4.78 is 13.0. The van der Waals surface area contributed by atoms with Gasteiger partial charge in [-0.1, -0.05) is 26.0 Å². The molecule has 0 aliphatic carbocycles. The molecule has 1 saturated heterocycles. The van der Waals surface area contributed by atoms with Crippen molar-refractivity contribution in [1.29, 1.82) is 0 Å². The van der Waals surface area contributed by atoms with Crippen LogP contribution in [0.3, 0.4) is 0 Å². The minimum atomic E-state index is -0.601. The van der Waals surface area contributed by atoms with Gasteiger partial charge in [-0.25, -0.2) is 9.78 Å². The molecule has 4 rings (SSSR count). The van der Waals surface area contributed by atoms with Crippen molar-refractivity contribution in [2.24, 2.45) is 5.92 Å². The van der Waals surface area contributed by atoms with Gasteiger partial charge in [-0.3, -0.25) is 9.89 Å². The zero-order valence-corrected chi connectivity index (χ0v) is 25.6. The first kappa shape index (κ1) is 30.7. The van der Waals surface area contributed by atoms with E-state index in [0.717, 1.165) is 41.7 Å². The Labute approximate surface area is 243 Å². The number of methoxy groups -OCH3 is 1. The number of aryl methyl sites for hydroxylation is 2. The highest BCUT2D eigenvalue weighted by Gasteiger charge is 2.37. The number of ketones is 1. The van der Waals surface area contributed by atoms with Crippen LogP contribution in [0.4, 0.5) is 4.79 Å². The summed E-state index contributed by atoms with van der Waals surface area (Å²) in [7, 11) is 1.70. The van der Waals surface area contributed by atoms with Gasteiger partial charge in [0.1, 0.15) is 5.60 Å². The van der Waals surface area contributed by atoms with E-state index in [1.807, 2.05) is 71.9 Å². The second kappa shape index (κ2) is 13.2. The molecular weight excluding hydrogens is 520 g/mol. The smallest absolute Gasteiger partial charge is 0.410 e. The number of para-hydroxylation sites is 2. The van der Waals surface area contributed by atoms with Crippen molar-refractivity contribution in [1.82, 2.24) is 30.0 Å². The predicted molar refractivity (Wildman–Crippen MR) is 159 cm³/mol. The van der Waals surface area contributed by atoms with Gasteiger partial charge >= 0.3 is 6.09 Å². The molecule has 41 heavy (non-hydrogen) atoms. The van der Waals surface area contributed by atoms with Crippen LogP contribution in [0.1, 0.15) is 81.8 Å². The maximum atomic E-state index is 14.2. The number of carbonyl (C=O) groups is 2. The number of aromatic nitrogens is 4. The van der Waals surface area contributed by atoms with Gasteiger partial charge in [0, 0.05) is 51.0 Å². The lowest BCUT2D eigenvalue weighted by atomic mass is 9.89. The molecule has 0 saturated carbocycles. The summed E-state index contributed by atoms with van der Waals surface area (Å²) in [5.74, 6) is 0.471. The van der Waals surface area contributed by atoms with Crippen molar-refractivity contribution in [2.45, 2.75) is 91.0 Å². The maximum Gasteiger partial charge on any atom is 0.410 e. The van der Waals surface area contributed by atoms with Crippen LogP contribution in [0.25, 0.3) is 11.0 Å². The molecule has 0 radical (unpaired) electrons. The Kier molecular flexibility index (Phi) is 9.86. The average molecular weight is 567 g/mol. The number of amides is 1. The Hall–Kier alpha value is -3.24. The van der Waals surface area contributed by atoms with Gasteiger partial charge in [-0.15, -0.1) is 0 Å². The molecule has 1 aromatic carbocycles. The third-order valence-corrected chi connectivity index (χ3v) is 7.49. The molecule has 0 bridgehead atoms. The fourth-order valence-corrected chi connectivity index (χ4v) is 5.54. The fourth-order valence-electron chi connectivity index (χ4n) is 5.54. The Morgan fingerprint density at radius 3 is 2.59 bits per heavy atom. The SMILES string of the molecule is COCCCCn1c(C(=O)C(N[C@H]2C[C@@H](c3cc(C)n[nH]3)CN(C(=O)OC(C)(C)C)C2)C(C)C)nc2ccccc21. The van der Waals surface area contributed by atoms with Crippen LogP contribution in [-0.4, -0.2) is 81.0 Å². The highest BCUT2D eigenvalue weighted by Crippen LogP contribution is 2.29. The third-order valence-electron chi connectivity index (χ3n) is 7.49. The highest BCUT2D eigenvalue weighted by atomic mass is 16.6. The Morgan fingerprint density at radius 1 is 1.17 bits per heavy atom. The van der Waals surface area contributed by atoms with E-state index in [2.05, 4.69) is 20.1 Å². The van der Waals surface area contributed by atoms with Gasteiger partial charge in [-0.05, 0) is 71.1 Å². The minimum Gasteiger partial charge on any atom is -0.444 e.